The summed E-state index contributed by atoms with van der Waals surface area (Å²) in [6.45, 7) is 4.42. The van der Waals surface area contributed by atoms with Gasteiger partial charge in [0, 0.05) is 0 Å². The zero-order chi connectivity index (χ0) is 8.72. The number of benzene rings is 1. The third kappa shape index (κ3) is 2.32. The molecule has 0 aromatic heterocycles. The van der Waals surface area contributed by atoms with Crippen molar-refractivity contribution in [2.24, 2.45) is 0 Å². The van der Waals surface area contributed by atoms with Crippen molar-refractivity contribution in [1.29, 1.82) is 0 Å². The van der Waals surface area contributed by atoms with Crippen LogP contribution in [-0.2, 0) is 24.4 Å². The number of halogens is 2. The number of rotatable bonds is 0. The minimum Gasteiger partial charge on any atom is -0.147 e. The van der Waals surface area contributed by atoms with Crippen LogP contribution in [0.15, 0.2) is 18.2 Å². The smallest absolute Gasteiger partial charge is 0.147 e. The van der Waals surface area contributed by atoms with E-state index in [1.165, 1.54) is 41.1 Å². The second-order valence-electron chi connectivity index (χ2n) is 3.36. The molecule has 1 aromatic rings. The standard InChI is InChI=1S/C11H11.2ClH.Hf/c1-8-6-7-9(2)11-5-3-4-10(8)11;;;/h3-7H,1-2H3;2*1H;. The summed E-state index contributed by atoms with van der Waals surface area (Å²) in [6.07, 6.45) is 4.63. The Hall–Kier alpha value is 0.410. The minimum atomic E-state index is 0. The average Bonchev–Trinajstić information content (AvgIpc) is 2.42. The molecule has 3 heteroatoms. The first-order valence-electron chi connectivity index (χ1n) is 4.19. The summed E-state index contributed by atoms with van der Waals surface area (Å²) in [4.78, 5) is 0. The van der Waals surface area contributed by atoms with E-state index in [0.29, 0.717) is 0 Å². The molecule has 0 spiro atoms. The summed E-state index contributed by atoms with van der Waals surface area (Å²) in [5.74, 6) is 0. The van der Waals surface area contributed by atoms with E-state index in [1.54, 1.807) is 5.56 Å². The Morgan fingerprint density at radius 1 is 1.07 bits per heavy atom. The summed E-state index contributed by atoms with van der Waals surface area (Å²) < 4.78 is 0.750. The second-order valence-corrected chi connectivity index (χ2v) is 5.60. The van der Waals surface area contributed by atoms with E-state index in [1.807, 2.05) is 0 Å². The molecule has 0 N–H and O–H groups in total. The fourth-order valence-electron chi connectivity index (χ4n) is 1.78. The predicted octanol–water partition coefficient (Wildman–Crippen LogP) is 3.76. The topological polar surface area (TPSA) is 0 Å². The van der Waals surface area contributed by atoms with Crippen LogP contribution in [0.3, 0.4) is 0 Å². The Bertz CT molecular complexity index is 359. The third-order valence-corrected chi connectivity index (χ3v) is 4.22. The quantitative estimate of drug-likeness (QED) is 0.588. The zero-order valence-corrected chi connectivity index (χ0v) is 13.4. The Labute approximate surface area is 113 Å². The van der Waals surface area contributed by atoms with Gasteiger partial charge in [-0.1, -0.05) is 0 Å². The second kappa shape index (κ2) is 5.48. The molecule has 0 saturated carbocycles. The molecule has 0 saturated heterocycles. The van der Waals surface area contributed by atoms with Crippen molar-refractivity contribution in [2.75, 3.05) is 0 Å². The van der Waals surface area contributed by atoms with Gasteiger partial charge in [0.25, 0.3) is 0 Å². The van der Waals surface area contributed by atoms with Crippen LogP contribution in [0.5, 0.6) is 0 Å². The first-order chi connectivity index (χ1) is 5.70. The number of aryl methyl sites for hydroxylation is 2. The maximum atomic E-state index is 2.34. The van der Waals surface area contributed by atoms with Gasteiger partial charge in [0.1, 0.15) is 0 Å². The molecule has 14 heavy (non-hydrogen) atoms. The van der Waals surface area contributed by atoms with Crippen molar-refractivity contribution in [3.63, 3.8) is 0 Å². The van der Waals surface area contributed by atoms with Crippen LogP contribution in [-0.4, -0.2) is 0 Å². The Morgan fingerprint density at radius 2 is 1.64 bits per heavy atom. The van der Waals surface area contributed by atoms with Gasteiger partial charge in [-0.25, -0.2) is 0 Å². The van der Waals surface area contributed by atoms with Gasteiger partial charge in [0.05, 0.1) is 0 Å². The molecule has 0 fully saturated rings. The monoisotopic (exact) mass is 395 g/mol. The predicted molar refractivity (Wildman–Crippen MR) is 62.2 cm³/mol. The van der Waals surface area contributed by atoms with Gasteiger partial charge in [-0.15, -0.1) is 24.8 Å². The number of hydrogen-bond donors (Lipinski definition) is 0. The molecule has 1 unspecified atom stereocenters. The van der Waals surface area contributed by atoms with E-state index in [9.17, 15) is 0 Å². The maximum absolute atomic E-state index is 2.34. The summed E-state index contributed by atoms with van der Waals surface area (Å²) in [5.41, 5.74) is 5.95. The molecule has 2 rings (SSSR count). The van der Waals surface area contributed by atoms with Gasteiger partial charge >= 0.3 is 88.4 Å². The van der Waals surface area contributed by atoms with Gasteiger partial charge in [-0.2, -0.15) is 0 Å². The molecule has 1 aliphatic rings. The van der Waals surface area contributed by atoms with Crippen LogP contribution in [0.4, 0.5) is 0 Å². The van der Waals surface area contributed by atoms with Gasteiger partial charge in [-0.05, 0) is 0 Å². The van der Waals surface area contributed by atoms with Crippen LogP contribution in [0.1, 0.15) is 25.9 Å². The SMILES string of the molecule is Cc1ccc(C)c2c1C=C[CH]2[Hf].Cl.Cl. The van der Waals surface area contributed by atoms with E-state index in [2.05, 4.69) is 38.1 Å². The molecule has 0 bridgehead atoms. The van der Waals surface area contributed by atoms with Crippen LogP contribution >= 0.6 is 24.8 Å². The molecular weight excluding hydrogens is 382 g/mol. The fourth-order valence-corrected chi connectivity index (χ4v) is 3.50. The molecule has 75 valence electrons. The average molecular weight is 395 g/mol. The third-order valence-electron chi connectivity index (χ3n) is 2.49. The van der Waals surface area contributed by atoms with Crippen LogP contribution in [0.2, 0.25) is 0 Å². The van der Waals surface area contributed by atoms with Crippen LogP contribution < -0.4 is 0 Å². The van der Waals surface area contributed by atoms with Crippen molar-refractivity contribution in [3.8, 4) is 0 Å². The molecule has 1 atom stereocenters. The zero-order valence-electron chi connectivity index (χ0n) is 8.20. The van der Waals surface area contributed by atoms with E-state index >= 15 is 0 Å². The van der Waals surface area contributed by atoms with Crippen molar-refractivity contribution in [3.05, 3.63) is 40.5 Å². The number of fused-ring (bicyclic) bond motifs is 1. The van der Waals surface area contributed by atoms with E-state index in [-0.39, 0.29) is 24.8 Å². The first-order valence-corrected chi connectivity index (χ1v) is 6.27. The Balaban J connectivity index is 0.000000845. The Morgan fingerprint density at radius 3 is 2.21 bits per heavy atom. The van der Waals surface area contributed by atoms with Gasteiger partial charge in [0.15, 0.2) is 0 Å². The molecule has 0 nitrogen and oxygen atoms in total. The van der Waals surface area contributed by atoms with Crippen molar-refractivity contribution in [2.45, 2.75) is 17.5 Å². The maximum Gasteiger partial charge on any atom is -0.147 e. The largest absolute Gasteiger partial charge is 0.147 e. The first kappa shape index (κ1) is 14.4. The van der Waals surface area contributed by atoms with Gasteiger partial charge in [-0.3, -0.25) is 0 Å². The van der Waals surface area contributed by atoms with E-state index in [0.717, 1.165) is 3.67 Å². The molecule has 0 heterocycles. The molecule has 0 aliphatic heterocycles. The molecular formula is C11H13Cl2Hf. The van der Waals surface area contributed by atoms with Gasteiger partial charge < -0.3 is 0 Å². The molecule has 1 aliphatic carbocycles. The number of allylic oxidation sites excluding steroid dienone is 1. The molecule has 1 aromatic carbocycles. The van der Waals surface area contributed by atoms with Crippen LogP contribution in [0, 0.1) is 13.8 Å². The molecule has 0 amide bonds. The van der Waals surface area contributed by atoms with Crippen molar-refractivity contribution >= 4 is 30.9 Å². The van der Waals surface area contributed by atoms with Gasteiger partial charge in [0.2, 0.25) is 0 Å². The normalized spacial score (nSPS) is 16.8. The summed E-state index contributed by atoms with van der Waals surface area (Å²) in [7, 11) is 0. The summed E-state index contributed by atoms with van der Waals surface area (Å²) >= 11 is 1.24. The van der Waals surface area contributed by atoms with Crippen molar-refractivity contribution in [1.82, 2.24) is 0 Å². The number of hydrogen-bond acceptors (Lipinski definition) is 0. The summed E-state index contributed by atoms with van der Waals surface area (Å²) in [5, 5.41) is 0. The molecule has 0 radical (unpaired) electrons. The van der Waals surface area contributed by atoms with E-state index < -0.39 is 0 Å². The van der Waals surface area contributed by atoms with Crippen molar-refractivity contribution < 1.29 is 24.4 Å². The van der Waals surface area contributed by atoms with E-state index in [4.69, 9.17) is 0 Å². The Kier molecular flexibility index (Phi) is 5.64. The minimum absolute atomic E-state index is 0. The van der Waals surface area contributed by atoms with Crippen LogP contribution in [0.25, 0.3) is 6.08 Å². The summed E-state index contributed by atoms with van der Waals surface area (Å²) in [6, 6.07) is 4.46. The fraction of sp³-hybridized carbons (Fsp3) is 0.273.